The van der Waals surface area contributed by atoms with Crippen molar-refractivity contribution in [3.05, 3.63) is 12.7 Å². The second kappa shape index (κ2) is 8.52. The highest BCUT2D eigenvalue weighted by molar-refractivity contribution is 7.98. The number of carbonyl (C=O) groups is 1. The average molecular weight is 315 g/mol. The van der Waals surface area contributed by atoms with Crippen molar-refractivity contribution in [1.82, 2.24) is 19.9 Å². The molecule has 2 aromatic heterocycles. The Balaban J connectivity index is 0.000000210. The summed E-state index contributed by atoms with van der Waals surface area (Å²) < 4.78 is 0. The molecule has 9 nitrogen and oxygen atoms in total. The number of carbonyl (C=O) groups excluding carboxylic acids is 1. The van der Waals surface area contributed by atoms with Crippen molar-refractivity contribution >= 4 is 35.0 Å². The molecule has 0 aliphatic heterocycles. The van der Waals surface area contributed by atoms with Gasteiger partial charge in [0.2, 0.25) is 0 Å². The summed E-state index contributed by atoms with van der Waals surface area (Å²) in [5.74, 6) is 0.731. The maximum Gasteiger partial charge on any atom is 0.182 e. The zero-order chi connectivity index (χ0) is 15.8. The number of H-pyrrole nitrogens is 1. The van der Waals surface area contributed by atoms with Gasteiger partial charge in [-0.15, -0.1) is 0 Å². The number of aliphatic hydroxyl groups is 3. The Morgan fingerprint density at radius 2 is 2.10 bits per heavy atom. The Hall–Kier alpha value is -1.75. The van der Waals surface area contributed by atoms with Crippen molar-refractivity contribution in [2.75, 3.05) is 17.7 Å². The standard InChI is InChI=1S/C6H12O4S.C5H5N5/c1-11-3-5(9)6(10)4(8)2-7;6-4-3-5(9-1-7-3)10-2-8-4/h2,4-6,8-10H,3H2,1H3;1-2H,(H3,6,7,8,9,10)/t4-,5+,6-;/m0./s1. The van der Waals surface area contributed by atoms with E-state index in [1.165, 1.54) is 24.4 Å². The molecule has 10 heteroatoms. The van der Waals surface area contributed by atoms with Gasteiger partial charge in [0, 0.05) is 5.75 Å². The largest absolute Gasteiger partial charge is 0.389 e. The van der Waals surface area contributed by atoms with Crippen LogP contribution in [0.1, 0.15) is 0 Å². The van der Waals surface area contributed by atoms with Gasteiger partial charge in [-0.3, -0.25) is 0 Å². The molecule has 0 aromatic carbocycles. The number of nitrogens with two attached hydrogens (primary N) is 1. The number of nitrogen functional groups attached to an aromatic ring is 1. The maximum absolute atomic E-state index is 9.93. The average Bonchev–Trinajstić information content (AvgIpc) is 2.96. The molecule has 0 saturated carbocycles. The lowest BCUT2D eigenvalue weighted by Gasteiger charge is -2.17. The highest BCUT2D eigenvalue weighted by Crippen LogP contribution is 2.09. The monoisotopic (exact) mass is 315 g/mol. The molecule has 0 spiro atoms. The van der Waals surface area contributed by atoms with E-state index in [4.69, 9.17) is 21.1 Å². The van der Waals surface area contributed by atoms with Crippen LogP contribution >= 0.6 is 11.8 Å². The molecule has 116 valence electrons. The topological polar surface area (TPSA) is 158 Å². The number of aromatic amines is 1. The molecule has 0 saturated heterocycles. The van der Waals surface area contributed by atoms with Crippen molar-refractivity contribution < 1.29 is 20.1 Å². The van der Waals surface area contributed by atoms with Gasteiger partial charge in [0.15, 0.2) is 17.8 Å². The first-order chi connectivity index (χ1) is 10.0. The number of fused-ring (bicyclic) bond motifs is 1. The quantitative estimate of drug-likeness (QED) is 0.417. The van der Waals surface area contributed by atoms with Gasteiger partial charge >= 0.3 is 0 Å². The van der Waals surface area contributed by atoms with E-state index >= 15 is 0 Å². The highest BCUT2D eigenvalue weighted by atomic mass is 32.2. The van der Waals surface area contributed by atoms with Gasteiger partial charge in [-0.25, -0.2) is 15.0 Å². The van der Waals surface area contributed by atoms with Crippen LogP contribution in [0.2, 0.25) is 0 Å². The number of anilines is 1. The normalized spacial score (nSPS) is 14.9. The first-order valence-corrected chi connectivity index (χ1v) is 7.28. The second-order valence-electron chi connectivity index (χ2n) is 4.00. The summed E-state index contributed by atoms with van der Waals surface area (Å²) in [6.07, 6.45) is 0.966. The van der Waals surface area contributed by atoms with Crippen LogP contribution in [0.3, 0.4) is 0 Å². The number of thioether (sulfide) groups is 1. The minimum Gasteiger partial charge on any atom is -0.389 e. The predicted octanol–water partition coefficient (Wildman–Crippen LogP) is -1.43. The zero-order valence-corrected chi connectivity index (χ0v) is 12.1. The SMILES string of the molecule is CSC[C@@H](O)[C@@H](O)[C@@H](O)C=O.Nc1ncnc2nc[nH]c12. The number of nitrogens with zero attached hydrogens (tertiary/aromatic N) is 3. The van der Waals surface area contributed by atoms with E-state index in [0.29, 0.717) is 22.7 Å². The smallest absolute Gasteiger partial charge is 0.182 e. The van der Waals surface area contributed by atoms with Gasteiger partial charge in [0.1, 0.15) is 24.1 Å². The number of imidazole rings is 1. The summed E-state index contributed by atoms with van der Waals surface area (Å²) >= 11 is 1.33. The highest BCUT2D eigenvalue weighted by Gasteiger charge is 2.23. The molecule has 0 amide bonds. The van der Waals surface area contributed by atoms with E-state index in [9.17, 15) is 4.79 Å². The Morgan fingerprint density at radius 1 is 1.38 bits per heavy atom. The second-order valence-corrected chi connectivity index (χ2v) is 4.91. The molecule has 2 heterocycles. The van der Waals surface area contributed by atoms with Gasteiger partial charge < -0.3 is 30.8 Å². The van der Waals surface area contributed by atoms with E-state index in [2.05, 4.69) is 19.9 Å². The lowest BCUT2D eigenvalue weighted by Crippen LogP contribution is -2.39. The van der Waals surface area contributed by atoms with E-state index in [1.807, 2.05) is 0 Å². The van der Waals surface area contributed by atoms with Crippen molar-refractivity contribution in [2.24, 2.45) is 0 Å². The summed E-state index contributed by atoms with van der Waals surface area (Å²) in [5, 5.41) is 26.7. The first-order valence-electron chi connectivity index (χ1n) is 5.89. The molecule has 6 N–H and O–H groups in total. The third-order valence-electron chi connectivity index (χ3n) is 2.47. The summed E-state index contributed by atoms with van der Waals surface area (Å²) in [6, 6.07) is 0. The van der Waals surface area contributed by atoms with Crippen LogP contribution in [-0.4, -0.2) is 71.9 Å². The van der Waals surface area contributed by atoms with Gasteiger partial charge in [0.05, 0.1) is 12.4 Å². The van der Waals surface area contributed by atoms with Crippen LogP contribution in [0.25, 0.3) is 11.2 Å². The van der Waals surface area contributed by atoms with Crippen molar-refractivity contribution in [3.63, 3.8) is 0 Å². The third kappa shape index (κ3) is 4.93. The van der Waals surface area contributed by atoms with Crippen molar-refractivity contribution in [1.29, 1.82) is 0 Å². The summed E-state index contributed by atoms with van der Waals surface area (Å²) in [5.41, 5.74) is 6.78. The number of aliphatic hydroxyl groups excluding tert-OH is 3. The Bertz CT molecular complexity index is 566. The molecule has 3 atom stereocenters. The minimum absolute atomic E-state index is 0.203. The Morgan fingerprint density at radius 3 is 2.67 bits per heavy atom. The molecular weight excluding hydrogens is 298 g/mol. The number of aldehydes is 1. The van der Waals surface area contributed by atoms with E-state index in [-0.39, 0.29) is 6.29 Å². The molecule has 0 aliphatic carbocycles. The van der Waals surface area contributed by atoms with Crippen molar-refractivity contribution in [3.8, 4) is 0 Å². The minimum atomic E-state index is -1.49. The fourth-order valence-corrected chi connectivity index (χ4v) is 1.90. The van der Waals surface area contributed by atoms with Gasteiger partial charge in [-0.2, -0.15) is 11.8 Å². The molecule has 0 bridgehead atoms. The molecule has 0 fully saturated rings. The van der Waals surface area contributed by atoms with Gasteiger partial charge in [0.25, 0.3) is 0 Å². The Kier molecular flexibility index (Phi) is 7.02. The lowest BCUT2D eigenvalue weighted by atomic mass is 10.1. The fourth-order valence-electron chi connectivity index (χ4n) is 1.36. The van der Waals surface area contributed by atoms with E-state index < -0.39 is 18.3 Å². The Labute approximate surface area is 124 Å². The van der Waals surface area contributed by atoms with Gasteiger partial charge in [-0.05, 0) is 6.26 Å². The van der Waals surface area contributed by atoms with Gasteiger partial charge in [-0.1, -0.05) is 0 Å². The van der Waals surface area contributed by atoms with Crippen LogP contribution in [0.15, 0.2) is 12.7 Å². The molecule has 2 rings (SSSR count). The summed E-state index contributed by atoms with van der Waals surface area (Å²) in [6.45, 7) is 0. The first kappa shape index (κ1) is 17.3. The maximum atomic E-state index is 9.93. The van der Waals surface area contributed by atoms with Crippen LogP contribution < -0.4 is 5.73 Å². The van der Waals surface area contributed by atoms with E-state index in [0.717, 1.165) is 0 Å². The van der Waals surface area contributed by atoms with Crippen molar-refractivity contribution in [2.45, 2.75) is 18.3 Å². The van der Waals surface area contributed by atoms with Crippen LogP contribution in [0, 0.1) is 0 Å². The number of hydrogen-bond acceptors (Lipinski definition) is 9. The van der Waals surface area contributed by atoms with Crippen LogP contribution in [0.4, 0.5) is 5.82 Å². The molecule has 0 unspecified atom stereocenters. The third-order valence-corrected chi connectivity index (χ3v) is 3.15. The van der Waals surface area contributed by atoms with Crippen LogP contribution in [-0.2, 0) is 4.79 Å². The lowest BCUT2D eigenvalue weighted by molar-refractivity contribution is -0.124. The fraction of sp³-hybridized carbons (Fsp3) is 0.455. The predicted molar refractivity (Wildman–Crippen MR) is 78.6 cm³/mol. The number of aromatic nitrogens is 4. The summed E-state index contributed by atoms with van der Waals surface area (Å²) in [7, 11) is 0. The van der Waals surface area contributed by atoms with E-state index in [1.54, 1.807) is 6.26 Å². The molecule has 0 aliphatic rings. The number of rotatable bonds is 5. The molecule has 21 heavy (non-hydrogen) atoms. The number of nitrogens with one attached hydrogen (secondary N) is 1. The zero-order valence-electron chi connectivity index (χ0n) is 11.2. The number of hydrogen-bond donors (Lipinski definition) is 5. The molecule has 0 radical (unpaired) electrons. The van der Waals surface area contributed by atoms with Crippen LogP contribution in [0.5, 0.6) is 0 Å². The molecular formula is C11H17N5O4S. The summed E-state index contributed by atoms with van der Waals surface area (Å²) in [4.78, 5) is 24.3. The molecule has 2 aromatic rings.